The number of nitrogens with one attached hydrogen (secondary N) is 2. The van der Waals surface area contributed by atoms with Crippen LogP contribution < -0.4 is 10.0 Å². The average Bonchev–Trinajstić information content (AvgIpc) is 2.90. The molecule has 1 unspecified atom stereocenters. The predicted octanol–water partition coefficient (Wildman–Crippen LogP) is 1.08. The topological polar surface area (TPSA) is 91.6 Å². The van der Waals surface area contributed by atoms with Crippen molar-refractivity contribution in [3.63, 3.8) is 0 Å². The van der Waals surface area contributed by atoms with Crippen LogP contribution in [0, 0.1) is 5.92 Å². The van der Waals surface area contributed by atoms with E-state index < -0.39 is 10.0 Å². The molecule has 1 aromatic rings. The number of rotatable bonds is 10. The Labute approximate surface area is 120 Å². The Morgan fingerprint density at radius 3 is 2.70 bits per heavy atom. The Morgan fingerprint density at radius 2 is 2.10 bits per heavy atom. The highest BCUT2D eigenvalue weighted by Crippen LogP contribution is 2.15. The Bertz CT molecular complexity index is 484. The van der Waals surface area contributed by atoms with E-state index in [0.717, 1.165) is 13.0 Å². The fourth-order valence-corrected chi connectivity index (χ4v) is 2.84. The molecule has 0 radical (unpaired) electrons. The second-order valence-electron chi connectivity index (χ2n) is 4.64. The maximum absolute atomic E-state index is 12.1. The summed E-state index contributed by atoms with van der Waals surface area (Å²) < 4.78 is 32.0. The van der Waals surface area contributed by atoms with Gasteiger partial charge in [0, 0.05) is 13.2 Å². The second kappa shape index (κ2) is 8.41. The molecule has 1 heterocycles. The van der Waals surface area contributed by atoms with Crippen LogP contribution >= 0.6 is 0 Å². The summed E-state index contributed by atoms with van der Waals surface area (Å²) in [5.74, 6) is 0.723. The van der Waals surface area contributed by atoms with Crippen molar-refractivity contribution < 1.29 is 17.9 Å². The van der Waals surface area contributed by atoms with Gasteiger partial charge in [0.05, 0.1) is 6.54 Å². The molecule has 7 heteroatoms. The third kappa shape index (κ3) is 5.24. The lowest BCUT2D eigenvalue weighted by molar-refractivity contribution is 0.254. The minimum Gasteiger partial charge on any atom is -0.447 e. The lowest BCUT2D eigenvalue weighted by Crippen LogP contribution is -2.29. The Hall–Kier alpha value is -0.890. The molecule has 1 atom stereocenters. The molecule has 6 nitrogen and oxygen atoms in total. The van der Waals surface area contributed by atoms with Crippen LogP contribution in [0.2, 0.25) is 0 Å². The maximum atomic E-state index is 12.1. The first-order valence-electron chi connectivity index (χ1n) is 6.93. The Morgan fingerprint density at radius 1 is 1.35 bits per heavy atom. The van der Waals surface area contributed by atoms with E-state index in [9.17, 15) is 8.42 Å². The zero-order chi connectivity index (χ0) is 15.0. The summed E-state index contributed by atoms with van der Waals surface area (Å²) in [5, 5.41) is 11.9. The highest BCUT2D eigenvalue weighted by Gasteiger charge is 2.20. The van der Waals surface area contributed by atoms with Crippen LogP contribution in [0.3, 0.4) is 0 Å². The summed E-state index contributed by atoms with van der Waals surface area (Å²) in [6.45, 7) is 5.61. The SMILES string of the molecule is CCNCc1ccc(S(=O)(=O)NCC(CC)CCO)o1. The fraction of sp³-hybridized carbons (Fsp3) is 0.692. The quantitative estimate of drug-likeness (QED) is 0.601. The van der Waals surface area contributed by atoms with Crippen LogP contribution in [0.5, 0.6) is 0 Å². The van der Waals surface area contributed by atoms with Crippen LogP contribution in [0.15, 0.2) is 21.6 Å². The monoisotopic (exact) mass is 304 g/mol. The molecule has 0 spiro atoms. The first-order valence-corrected chi connectivity index (χ1v) is 8.41. The van der Waals surface area contributed by atoms with Crippen molar-refractivity contribution in [2.75, 3.05) is 19.7 Å². The van der Waals surface area contributed by atoms with Gasteiger partial charge in [-0.05, 0) is 31.0 Å². The van der Waals surface area contributed by atoms with Gasteiger partial charge in [-0.25, -0.2) is 13.1 Å². The molecule has 0 fully saturated rings. The van der Waals surface area contributed by atoms with Crippen molar-refractivity contribution in [2.45, 2.75) is 38.3 Å². The van der Waals surface area contributed by atoms with E-state index in [0.29, 0.717) is 25.3 Å². The number of aliphatic hydroxyl groups excluding tert-OH is 1. The minimum atomic E-state index is -3.61. The van der Waals surface area contributed by atoms with E-state index in [1.54, 1.807) is 6.07 Å². The smallest absolute Gasteiger partial charge is 0.273 e. The van der Waals surface area contributed by atoms with E-state index in [2.05, 4.69) is 10.0 Å². The summed E-state index contributed by atoms with van der Waals surface area (Å²) in [5.41, 5.74) is 0. The van der Waals surface area contributed by atoms with Crippen LogP contribution in [-0.2, 0) is 16.6 Å². The van der Waals surface area contributed by atoms with Crippen molar-refractivity contribution in [3.8, 4) is 0 Å². The highest BCUT2D eigenvalue weighted by atomic mass is 32.2. The lowest BCUT2D eigenvalue weighted by atomic mass is 10.0. The zero-order valence-corrected chi connectivity index (χ0v) is 12.9. The molecule has 116 valence electrons. The number of furan rings is 1. The first kappa shape index (κ1) is 17.2. The molecule has 0 aliphatic carbocycles. The molecule has 0 aromatic carbocycles. The zero-order valence-electron chi connectivity index (χ0n) is 12.1. The van der Waals surface area contributed by atoms with Gasteiger partial charge in [0.15, 0.2) is 0 Å². The standard InChI is InChI=1S/C13H24N2O4S/c1-3-11(7-8-16)9-15-20(17,18)13-6-5-12(19-13)10-14-4-2/h5-6,11,14-16H,3-4,7-10H2,1-2H3. The van der Waals surface area contributed by atoms with Gasteiger partial charge in [0.1, 0.15) is 5.76 Å². The third-order valence-corrected chi connectivity index (χ3v) is 4.42. The Balaban J connectivity index is 2.61. The van der Waals surface area contributed by atoms with Gasteiger partial charge in [-0.15, -0.1) is 0 Å². The molecule has 0 amide bonds. The summed E-state index contributed by atoms with van der Waals surface area (Å²) in [4.78, 5) is 0. The number of aliphatic hydroxyl groups is 1. The van der Waals surface area contributed by atoms with E-state index >= 15 is 0 Å². The summed E-state index contributed by atoms with van der Waals surface area (Å²) in [7, 11) is -3.61. The van der Waals surface area contributed by atoms with Gasteiger partial charge < -0.3 is 14.8 Å². The summed E-state index contributed by atoms with van der Waals surface area (Å²) in [6, 6.07) is 3.12. The van der Waals surface area contributed by atoms with Crippen LogP contribution in [0.4, 0.5) is 0 Å². The van der Waals surface area contributed by atoms with Gasteiger partial charge in [-0.3, -0.25) is 0 Å². The summed E-state index contributed by atoms with van der Waals surface area (Å²) >= 11 is 0. The molecular formula is C13H24N2O4S. The molecule has 0 aliphatic rings. The third-order valence-electron chi connectivity index (χ3n) is 3.13. The molecule has 1 rings (SSSR count). The van der Waals surface area contributed by atoms with Crippen LogP contribution in [0.25, 0.3) is 0 Å². The lowest BCUT2D eigenvalue weighted by Gasteiger charge is -2.13. The molecule has 1 aromatic heterocycles. The van der Waals surface area contributed by atoms with E-state index in [-0.39, 0.29) is 17.6 Å². The second-order valence-corrected chi connectivity index (χ2v) is 6.34. The molecule has 0 aliphatic heterocycles. The molecular weight excluding hydrogens is 280 g/mol. The van der Waals surface area contributed by atoms with E-state index in [1.165, 1.54) is 6.07 Å². The van der Waals surface area contributed by atoms with Crippen molar-refractivity contribution in [1.82, 2.24) is 10.0 Å². The van der Waals surface area contributed by atoms with Gasteiger partial charge in [-0.2, -0.15) is 0 Å². The fourth-order valence-electron chi connectivity index (χ4n) is 1.78. The molecule has 3 N–H and O–H groups in total. The van der Waals surface area contributed by atoms with E-state index in [1.807, 2.05) is 13.8 Å². The molecule has 0 saturated heterocycles. The van der Waals surface area contributed by atoms with Crippen LogP contribution in [0.1, 0.15) is 32.4 Å². The van der Waals surface area contributed by atoms with E-state index in [4.69, 9.17) is 9.52 Å². The highest BCUT2D eigenvalue weighted by molar-refractivity contribution is 7.89. The van der Waals surface area contributed by atoms with Crippen molar-refractivity contribution >= 4 is 10.0 Å². The molecule has 0 bridgehead atoms. The maximum Gasteiger partial charge on any atom is 0.273 e. The predicted molar refractivity (Wildman–Crippen MR) is 76.8 cm³/mol. The number of hydrogen-bond donors (Lipinski definition) is 3. The van der Waals surface area contributed by atoms with Gasteiger partial charge in [0.25, 0.3) is 10.0 Å². The largest absolute Gasteiger partial charge is 0.447 e. The van der Waals surface area contributed by atoms with Crippen molar-refractivity contribution in [2.24, 2.45) is 5.92 Å². The Kier molecular flexibility index (Phi) is 7.22. The van der Waals surface area contributed by atoms with Crippen LogP contribution in [-0.4, -0.2) is 33.2 Å². The number of sulfonamides is 1. The molecule has 20 heavy (non-hydrogen) atoms. The van der Waals surface area contributed by atoms with Gasteiger partial charge in [-0.1, -0.05) is 20.3 Å². The molecule has 0 saturated carbocycles. The van der Waals surface area contributed by atoms with Crippen molar-refractivity contribution in [3.05, 3.63) is 17.9 Å². The average molecular weight is 304 g/mol. The minimum absolute atomic E-state index is 0.0633. The first-order chi connectivity index (χ1) is 9.53. The van der Waals surface area contributed by atoms with Gasteiger partial charge >= 0.3 is 0 Å². The number of hydrogen-bond acceptors (Lipinski definition) is 5. The summed E-state index contributed by atoms with van der Waals surface area (Å²) in [6.07, 6.45) is 1.40. The van der Waals surface area contributed by atoms with Gasteiger partial charge in [0.2, 0.25) is 5.09 Å². The van der Waals surface area contributed by atoms with Crippen molar-refractivity contribution in [1.29, 1.82) is 0 Å². The normalized spacial score (nSPS) is 13.6.